The number of hydrogen-bond donors (Lipinski definition) is 1. The van der Waals surface area contributed by atoms with Crippen molar-refractivity contribution in [2.24, 2.45) is 0 Å². The maximum absolute atomic E-state index is 11.9. The van der Waals surface area contributed by atoms with Crippen LogP contribution < -0.4 is 0 Å². The molecule has 1 aliphatic rings. The van der Waals surface area contributed by atoms with Crippen LogP contribution in [0.3, 0.4) is 0 Å². The van der Waals surface area contributed by atoms with E-state index in [2.05, 4.69) is 0 Å². The number of rotatable bonds is 3. The molecule has 0 aromatic carbocycles. The molecule has 1 fully saturated rings. The molecule has 0 saturated carbocycles. The van der Waals surface area contributed by atoms with Crippen molar-refractivity contribution in [3.8, 4) is 0 Å². The van der Waals surface area contributed by atoms with Crippen LogP contribution in [0.25, 0.3) is 0 Å². The summed E-state index contributed by atoms with van der Waals surface area (Å²) in [5, 5.41) is 12.9. The van der Waals surface area contributed by atoms with E-state index in [0.29, 0.717) is 26.1 Å². The second-order valence-corrected chi connectivity index (χ2v) is 4.60. The SMILES string of the molecule is O=C(Cc1ccsc1)N1CCOC(CO)C1. The van der Waals surface area contributed by atoms with Crippen molar-refractivity contribution in [2.75, 3.05) is 26.3 Å². The number of thiophene rings is 1. The van der Waals surface area contributed by atoms with Crippen LogP contribution in [0.1, 0.15) is 5.56 Å². The Balaban J connectivity index is 1.89. The summed E-state index contributed by atoms with van der Waals surface area (Å²) in [6.45, 7) is 1.61. The van der Waals surface area contributed by atoms with Crippen LogP contribution in [0.15, 0.2) is 16.8 Å². The number of morpholine rings is 1. The highest BCUT2D eigenvalue weighted by molar-refractivity contribution is 7.07. The third-order valence-electron chi connectivity index (χ3n) is 2.63. The maximum Gasteiger partial charge on any atom is 0.227 e. The van der Waals surface area contributed by atoms with Gasteiger partial charge in [-0.15, -0.1) is 0 Å². The van der Waals surface area contributed by atoms with Crippen LogP contribution in [-0.2, 0) is 16.0 Å². The average molecular weight is 241 g/mol. The Morgan fingerprint density at radius 3 is 3.25 bits per heavy atom. The second-order valence-electron chi connectivity index (χ2n) is 3.82. The lowest BCUT2D eigenvalue weighted by atomic mass is 10.2. The van der Waals surface area contributed by atoms with Crippen molar-refractivity contribution < 1.29 is 14.6 Å². The molecular formula is C11H15NO3S. The molecule has 2 rings (SSSR count). The molecule has 16 heavy (non-hydrogen) atoms. The predicted octanol–water partition coefficient (Wildman–Crippen LogP) is 0.510. The first kappa shape index (κ1) is 11.6. The van der Waals surface area contributed by atoms with E-state index in [1.807, 2.05) is 16.8 Å². The number of aliphatic hydroxyl groups is 1. The van der Waals surface area contributed by atoms with Gasteiger partial charge in [-0.3, -0.25) is 4.79 Å². The smallest absolute Gasteiger partial charge is 0.227 e. The van der Waals surface area contributed by atoms with Crippen LogP contribution >= 0.6 is 11.3 Å². The molecule has 1 aliphatic heterocycles. The molecule has 5 heteroatoms. The van der Waals surface area contributed by atoms with Gasteiger partial charge in [0.25, 0.3) is 0 Å². The van der Waals surface area contributed by atoms with Gasteiger partial charge < -0.3 is 14.7 Å². The number of ether oxygens (including phenoxy) is 1. The van der Waals surface area contributed by atoms with Gasteiger partial charge in [-0.1, -0.05) is 0 Å². The molecule has 0 bridgehead atoms. The fourth-order valence-corrected chi connectivity index (χ4v) is 2.40. The molecule has 1 unspecified atom stereocenters. The summed E-state index contributed by atoms with van der Waals surface area (Å²) >= 11 is 1.60. The van der Waals surface area contributed by atoms with E-state index in [-0.39, 0.29) is 18.6 Å². The molecular weight excluding hydrogens is 226 g/mol. The minimum absolute atomic E-state index is 0.0256. The standard InChI is InChI=1S/C11H15NO3S/c13-7-10-6-12(2-3-15-10)11(14)5-9-1-4-16-8-9/h1,4,8,10,13H,2-3,5-7H2. The highest BCUT2D eigenvalue weighted by atomic mass is 32.1. The molecule has 1 atom stereocenters. The Morgan fingerprint density at radius 1 is 1.69 bits per heavy atom. The first-order valence-corrected chi connectivity index (χ1v) is 6.25. The molecule has 0 radical (unpaired) electrons. The Labute approximate surface area is 98.4 Å². The lowest BCUT2D eigenvalue weighted by Gasteiger charge is -2.32. The van der Waals surface area contributed by atoms with Crippen LogP contribution in [0.2, 0.25) is 0 Å². The minimum atomic E-state index is -0.222. The first-order chi connectivity index (χ1) is 7.79. The maximum atomic E-state index is 11.9. The molecule has 1 aromatic heterocycles. The van der Waals surface area contributed by atoms with Crippen molar-refractivity contribution in [3.05, 3.63) is 22.4 Å². The molecule has 0 aliphatic carbocycles. The lowest BCUT2D eigenvalue weighted by Crippen LogP contribution is -2.47. The highest BCUT2D eigenvalue weighted by Gasteiger charge is 2.23. The Hall–Kier alpha value is -0.910. The summed E-state index contributed by atoms with van der Waals surface area (Å²) in [6, 6.07) is 1.96. The van der Waals surface area contributed by atoms with Gasteiger partial charge in [0.2, 0.25) is 5.91 Å². The predicted molar refractivity (Wildman–Crippen MR) is 61.4 cm³/mol. The third-order valence-corrected chi connectivity index (χ3v) is 3.36. The summed E-state index contributed by atoms with van der Waals surface area (Å²) in [4.78, 5) is 13.7. The summed E-state index contributed by atoms with van der Waals surface area (Å²) in [5.41, 5.74) is 1.06. The van der Waals surface area contributed by atoms with Gasteiger partial charge >= 0.3 is 0 Å². The number of hydrogen-bond acceptors (Lipinski definition) is 4. The molecule has 4 nitrogen and oxygen atoms in total. The van der Waals surface area contributed by atoms with Crippen molar-refractivity contribution in [2.45, 2.75) is 12.5 Å². The average Bonchev–Trinajstić information content (AvgIpc) is 2.82. The normalized spacial score (nSPS) is 21.1. The zero-order valence-electron chi connectivity index (χ0n) is 8.96. The van der Waals surface area contributed by atoms with Gasteiger partial charge in [-0.25, -0.2) is 0 Å². The summed E-state index contributed by atoms with van der Waals surface area (Å²) in [6.07, 6.45) is 0.224. The Bertz CT molecular complexity index is 339. The zero-order valence-corrected chi connectivity index (χ0v) is 9.78. The summed E-state index contributed by atoms with van der Waals surface area (Å²) < 4.78 is 5.30. The number of aliphatic hydroxyl groups excluding tert-OH is 1. The van der Waals surface area contributed by atoms with E-state index in [1.54, 1.807) is 16.2 Å². The second kappa shape index (κ2) is 5.43. The van der Waals surface area contributed by atoms with Crippen molar-refractivity contribution in [3.63, 3.8) is 0 Å². The quantitative estimate of drug-likeness (QED) is 0.839. The third kappa shape index (κ3) is 2.81. The Morgan fingerprint density at radius 2 is 2.56 bits per heavy atom. The molecule has 0 spiro atoms. The van der Waals surface area contributed by atoms with Gasteiger partial charge in [0.1, 0.15) is 0 Å². The minimum Gasteiger partial charge on any atom is -0.394 e. The van der Waals surface area contributed by atoms with E-state index in [9.17, 15) is 4.79 Å². The highest BCUT2D eigenvalue weighted by Crippen LogP contribution is 2.11. The van der Waals surface area contributed by atoms with E-state index in [1.165, 1.54) is 0 Å². The molecule has 1 N–H and O–H groups in total. The summed E-state index contributed by atoms with van der Waals surface area (Å²) in [7, 11) is 0. The van der Waals surface area contributed by atoms with Crippen LogP contribution in [-0.4, -0.2) is 48.3 Å². The van der Waals surface area contributed by atoms with E-state index < -0.39 is 0 Å². The topological polar surface area (TPSA) is 49.8 Å². The van der Waals surface area contributed by atoms with E-state index >= 15 is 0 Å². The van der Waals surface area contributed by atoms with Crippen molar-refractivity contribution in [1.82, 2.24) is 4.90 Å². The van der Waals surface area contributed by atoms with Crippen LogP contribution in [0, 0.1) is 0 Å². The van der Waals surface area contributed by atoms with Gasteiger partial charge in [-0.05, 0) is 22.4 Å². The number of carbonyl (C=O) groups is 1. The van der Waals surface area contributed by atoms with Gasteiger partial charge in [-0.2, -0.15) is 11.3 Å². The van der Waals surface area contributed by atoms with Crippen LogP contribution in [0.4, 0.5) is 0 Å². The largest absolute Gasteiger partial charge is 0.394 e. The Kier molecular flexibility index (Phi) is 3.93. The fourth-order valence-electron chi connectivity index (χ4n) is 1.74. The molecule has 1 saturated heterocycles. The summed E-state index contributed by atoms with van der Waals surface area (Å²) in [5.74, 6) is 0.111. The molecule has 2 heterocycles. The van der Waals surface area contributed by atoms with Crippen molar-refractivity contribution >= 4 is 17.2 Å². The molecule has 1 aromatic rings. The number of nitrogens with zero attached hydrogens (tertiary/aromatic N) is 1. The lowest BCUT2D eigenvalue weighted by molar-refractivity contribution is -0.139. The van der Waals surface area contributed by atoms with Crippen LogP contribution in [0.5, 0.6) is 0 Å². The zero-order chi connectivity index (χ0) is 11.4. The molecule has 88 valence electrons. The van der Waals surface area contributed by atoms with Gasteiger partial charge in [0.15, 0.2) is 0 Å². The first-order valence-electron chi connectivity index (χ1n) is 5.31. The fraction of sp³-hybridized carbons (Fsp3) is 0.545. The van der Waals surface area contributed by atoms with E-state index in [4.69, 9.17) is 9.84 Å². The number of amides is 1. The van der Waals surface area contributed by atoms with Gasteiger partial charge in [0.05, 0.1) is 25.7 Å². The van der Waals surface area contributed by atoms with E-state index in [0.717, 1.165) is 5.56 Å². The molecule has 1 amide bonds. The monoisotopic (exact) mass is 241 g/mol. The van der Waals surface area contributed by atoms with Crippen molar-refractivity contribution in [1.29, 1.82) is 0 Å². The van der Waals surface area contributed by atoms with Gasteiger partial charge in [0, 0.05) is 13.1 Å². The number of carbonyl (C=O) groups excluding carboxylic acids is 1.